The number of hydrogen-bond donors (Lipinski definition) is 0. The quantitative estimate of drug-likeness (QED) is 0.644. The van der Waals surface area contributed by atoms with E-state index in [0.29, 0.717) is 0 Å². The molecule has 0 atom stereocenters. The van der Waals surface area contributed by atoms with Gasteiger partial charge >= 0.3 is 0 Å². The van der Waals surface area contributed by atoms with Crippen molar-refractivity contribution in [2.24, 2.45) is 0 Å². The Morgan fingerprint density at radius 2 is 2.00 bits per heavy atom. The van der Waals surface area contributed by atoms with Gasteiger partial charge < -0.3 is 4.90 Å². The van der Waals surface area contributed by atoms with Gasteiger partial charge in [-0.2, -0.15) is 11.8 Å². The summed E-state index contributed by atoms with van der Waals surface area (Å²) in [6.45, 7) is 4.88. The van der Waals surface area contributed by atoms with Crippen LogP contribution in [-0.2, 0) is 0 Å². The molecule has 0 radical (unpaired) electrons. The lowest BCUT2D eigenvalue weighted by atomic mass is 10.1. The van der Waals surface area contributed by atoms with Crippen molar-refractivity contribution in [1.82, 2.24) is 4.90 Å². The third-order valence-corrected chi connectivity index (χ3v) is 3.81. The van der Waals surface area contributed by atoms with Crippen molar-refractivity contribution in [2.75, 3.05) is 25.9 Å². The van der Waals surface area contributed by atoms with Crippen LogP contribution in [0.3, 0.4) is 0 Å². The average molecular weight is 173 g/mol. The van der Waals surface area contributed by atoms with Gasteiger partial charge in [-0.3, -0.25) is 0 Å². The van der Waals surface area contributed by atoms with Gasteiger partial charge in [-0.1, -0.05) is 6.92 Å². The molecule has 1 rings (SSSR count). The van der Waals surface area contributed by atoms with Gasteiger partial charge in [-0.15, -0.1) is 0 Å². The number of nitrogens with zero attached hydrogens (tertiary/aromatic N) is 1. The molecule has 0 saturated carbocycles. The van der Waals surface area contributed by atoms with E-state index in [9.17, 15) is 0 Å². The summed E-state index contributed by atoms with van der Waals surface area (Å²) in [4.78, 5) is 2.43. The second-order valence-electron chi connectivity index (χ2n) is 3.37. The summed E-state index contributed by atoms with van der Waals surface area (Å²) in [5.74, 6) is 1.36. The second-order valence-corrected chi connectivity index (χ2v) is 4.78. The molecule has 1 fully saturated rings. The van der Waals surface area contributed by atoms with Crippen molar-refractivity contribution in [3.8, 4) is 0 Å². The molecule has 0 unspecified atom stereocenters. The molecule has 0 amide bonds. The van der Waals surface area contributed by atoms with Gasteiger partial charge in [0.15, 0.2) is 0 Å². The first-order valence-electron chi connectivity index (χ1n) is 4.63. The Morgan fingerprint density at radius 3 is 2.55 bits per heavy atom. The van der Waals surface area contributed by atoms with E-state index in [1.165, 1.54) is 38.1 Å². The van der Waals surface area contributed by atoms with Crippen LogP contribution in [-0.4, -0.2) is 36.0 Å². The van der Waals surface area contributed by atoms with Crippen LogP contribution in [0.25, 0.3) is 0 Å². The smallest absolute Gasteiger partial charge is 0.00713 e. The molecule has 0 aromatic rings. The average Bonchev–Trinajstić information content (AvgIpc) is 2.04. The normalized spacial score (nSPS) is 22.4. The summed E-state index contributed by atoms with van der Waals surface area (Å²) in [5, 5.41) is 0.964. The number of likely N-dealkylation sites (tertiary alicyclic amines) is 1. The minimum Gasteiger partial charge on any atom is -0.306 e. The molecule has 0 aromatic heterocycles. The zero-order chi connectivity index (χ0) is 8.10. The van der Waals surface area contributed by atoms with E-state index in [0.717, 1.165) is 5.25 Å². The molecule has 0 aliphatic carbocycles. The van der Waals surface area contributed by atoms with Crippen LogP contribution in [0.4, 0.5) is 0 Å². The fourth-order valence-electron chi connectivity index (χ4n) is 1.44. The highest BCUT2D eigenvalue weighted by Gasteiger charge is 2.15. The Hall–Kier alpha value is 0.310. The zero-order valence-electron chi connectivity index (χ0n) is 7.68. The Balaban J connectivity index is 2.07. The Bertz CT molecular complexity index is 95.0. The van der Waals surface area contributed by atoms with Crippen molar-refractivity contribution in [3.63, 3.8) is 0 Å². The maximum atomic E-state index is 2.43. The molecule has 11 heavy (non-hydrogen) atoms. The standard InChI is InChI=1S/C9H19NS/c1-3-8-11-9-4-6-10(2)7-5-9/h9H,3-8H2,1-2H3. The Kier molecular flexibility index (Phi) is 4.31. The monoisotopic (exact) mass is 173 g/mol. The van der Waals surface area contributed by atoms with Crippen molar-refractivity contribution in [1.29, 1.82) is 0 Å². The predicted molar refractivity (Wildman–Crippen MR) is 53.3 cm³/mol. The maximum absolute atomic E-state index is 2.43. The predicted octanol–water partition coefficient (Wildman–Crippen LogP) is 2.22. The van der Waals surface area contributed by atoms with E-state index in [1.807, 2.05) is 0 Å². The van der Waals surface area contributed by atoms with Crippen LogP contribution in [0.5, 0.6) is 0 Å². The SMILES string of the molecule is CCCSC1CCN(C)CC1. The lowest BCUT2D eigenvalue weighted by Gasteiger charge is -2.28. The third-order valence-electron chi connectivity index (χ3n) is 2.22. The molecule has 1 aliphatic rings. The topological polar surface area (TPSA) is 3.24 Å². The van der Waals surface area contributed by atoms with Crippen LogP contribution in [0.1, 0.15) is 26.2 Å². The summed E-state index contributed by atoms with van der Waals surface area (Å²) in [6, 6.07) is 0. The molecule has 0 bridgehead atoms. The molecular formula is C9H19NS. The number of hydrogen-bond acceptors (Lipinski definition) is 2. The van der Waals surface area contributed by atoms with E-state index in [-0.39, 0.29) is 0 Å². The molecule has 1 saturated heterocycles. The highest BCUT2D eigenvalue weighted by molar-refractivity contribution is 7.99. The van der Waals surface area contributed by atoms with Crippen molar-refractivity contribution < 1.29 is 0 Å². The van der Waals surface area contributed by atoms with E-state index in [2.05, 4.69) is 30.6 Å². The lowest BCUT2D eigenvalue weighted by Crippen LogP contribution is -2.31. The van der Waals surface area contributed by atoms with Crippen molar-refractivity contribution >= 4 is 11.8 Å². The largest absolute Gasteiger partial charge is 0.306 e. The van der Waals surface area contributed by atoms with Crippen LogP contribution in [0.15, 0.2) is 0 Å². The van der Waals surface area contributed by atoms with Gasteiger partial charge in [0.05, 0.1) is 0 Å². The zero-order valence-corrected chi connectivity index (χ0v) is 8.49. The van der Waals surface area contributed by atoms with E-state index in [1.54, 1.807) is 0 Å². The van der Waals surface area contributed by atoms with E-state index >= 15 is 0 Å². The summed E-state index contributed by atoms with van der Waals surface area (Å²) in [7, 11) is 2.22. The van der Waals surface area contributed by atoms with Crippen molar-refractivity contribution in [3.05, 3.63) is 0 Å². The summed E-state index contributed by atoms with van der Waals surface area (Å²) in [6.07, 6.45) is 4.14. The van der Waals surface area contributed by atoms with Crippen LogP contribution in [0, 0.1) is 0 Å². The van der Waals surface area contributed by atoms with Crippen LogP contribution < -0.4 is 0 Å². The molecule has 0 aromatic carbocycles. The number of thioether (sulfide) groups is 1. The van der Waals surface area contributed by atoms with Crippen LogP contribution >= 0.6 is 11.8 Å². The summed E-state index contributed by atoms with van der Waals surface area (Å²) < 4.78 is 0. The maximum Gasteiger partial charge on any atom is 0.00713 e. The van der Waals surface area contributed by atoms with Gasteiger partial charge in [-0.05, 0) is 45.2 Å². The second kappa shape index (κ2) is 5.04. The van der Waals surface area contributed by atoms with E-state index in [4.69, 9.17) is 0 Å². The van der Waals surface area contributed by atoms with Crippen LogP contribution in [0.2, 0.25) is 0 Å². The number of rotatable bonds is 3. The van der Waals surface area contributed by atoms with Gasteiger partial charge in [-0.25, -0.2) is 0 Å². The highest BCUT2D eigenvalue weighted by atomic mass is 32.2. The fraction of sp³-hybridized carbons (Fsp3) is 1.00. The van der Waals surface area contributed by atoms with Crippen molar-refractivity contribution in [2.45, 2.75) is 31.4 Å². The van der Waals surface area contributed by atoms with E-state index < -0.39 is 0 Å². The molecule has 2 heteroatoms. The first kappa shape index (κ1) is 9.40. The molecule has 1 nitrogen and oxygen atoms in total. The summed E-state index contributed by atoms with van der Waals surface area (Å²) in [5.41, 5.74) is 0. The van der Waals surface area contributed by atoms with Gasteiger partial charge in [0.25, 0.3) is 0 Å². The number of piperidine rings is 1. The Labute approximate surface area is 74.5 Å². The molecular weight excluding hydrogens is 154 g/mol. The molecule has 66 valence electrons. The molecule has 0 spiro atoms. The summed E-state index contributed by atoms with van der Waals surface area (Å²) >= 11 is 2.17. The van der Waals surface area contributed by atoms with Gasteiger partial charge in [0.1, 0.15) is 0 Å². The fourth-order valence-corrected chi connectivity index (χ4v) is 2.55. The van der Waals surface area contributed by atoms with Gasteiger partial charge in [0.2, 0.25) is 0 Å². The lowest BCUT2D eigenvalue weighted by molar-refractivity contribution is 0.282. The molecule has 0 N–H and O–H groups in total. The van der Waals surface area contributed by atoms with Gasteiger partial charge in [0, 0.05) is 5.25 Å². The first-order chi connectivity index (χ1) is 5.33. The highest BCUT2D eigenvalue weighted by Crippen LogP contribution is 2.22. The Morgan fingerprint density at radius 1 is 1.36 bits per heavy atom. The molecule has 1 heterocycles. The minimum atomic E-state index is 0.964. The first-order valence-corrected chi connectivity index (χ1v) is 5.68. The molecule has 1 aliphatic heterocycles. The third kappa shape index (κ3) is 3.48. The minimum absolute atomic E-state index is 0.964.